The first-order valence-corrected chi connectivity index (χ1v) is 3.91. The summed E-state index contributed by atoms with van der Waals surface area (Å²) >= 11 is 0. The van der Waals surface area contributed by atoms with Gasteiger partial charge in [-0.3, -0.25) is 4.79 Å². The molecule has 3 nitrogen and oxygen atoms in total. The summed E-state index contributed by atoms with van der Waals surface area (Å²) in [4.78, 5) is 13.1. The first-order chi connectivity index (χ1) is 5.36. The van der Waals surface area contributed by atoms with E-state index < -0.39 is 0 Å². The summed E-state index contributed by atoms with van der Waals surface area (Å²) in [6.07, 6.45) is 4.16. The lowest BCUT2D eigenvalue weighted by Crippen LogP contribution is -2.45. The Morgan fingerprint density at radius 2 is 2.55 bits per heavy atom. The molecular formula is C8H11NO2. The van der Waals surface area contributed by atoms with Gasteiger partial charge in [-0.25, -0.2) is 0 Å². The number of hydrogen-bond acceptors (Lipinski definition) is 3. The highest BCUT2D eigenvalue weighted by Crippen LogP contribution is 2.15. The second-order valence-corrected chi connectivity index (χ2v) is 2.95. The molecule has 2 aliphatic heterocycles. The summed E-state index contributed by atoms with van der Waals surface area (Å²) in [6.45, 7) is 2.42. The molecular weight excluding hydrogens is 142 g/mol. The number of allylic oxidation sites excluding steroid dienone is 1. The lowest BCUT2D eigenvalue weighted by Gasteiger charge is -2.36. The Hall–Kier alpha value is -0.830. The van der Waals surface area contributed by atoms with Gasteiger partial charge in [-0.2, -0.15) is 0 Å². The molecule has 3 heteroatoms. The van der Waals surface area contributed by atoms with Crippen molar-refractivity contribution in [2.24, 2.45) is 0 Å². The maximum Gasteiger partial charge on any atom is 0.159 e. The minimum absolute atomic E-state index is 0.219. The largest absolute Gasteiger partial charge is 0.377 e. The van der Waals surface area contributed by atoms with Crippen LogP contribution in [0.25, 0.3) is 0 Å². The molecule has 0 aromatic heterocycles. The topological polar surface area (TPSA) is 29.5 Å². The van der Waals surface area contributed by atoms with Crippen LogP contribution >= 0.6 is 0 Å². The Labute approximate surface area is 65.6 Å². The van der Waals surface area contributed by atoms with E-state index in [1.54, 1.807) is 6.08 Å². The summed E-state index contributed by atoms with van der Waals surface area (Å²) in [5, 5.41) is 0. The Bertz CT molecular complexity index is 200. The van der Waals surface area contributed by atoms with E-state index in [9.17, 15) is 4.79 Å². The van der Waals surface area contributed by atoms with E-state index >= 15 is 0 Å². The van der Waals surface area contributed by atoms with Crippen molar-refractivity contribution in [3.8, 4) is 0 Å². The molecule has 0 aromatic rings. The van der Waals surface area contributed by atoms with Crippen LogP contribution in [0.3, 0.4) is 0 Å². The van der Waals surface area contributed by atoms with Crippen molar-refractivity contribution in [1.29, 1.82) is 0 Å². The third-order valence-electron chi connectivity index (χ3n) is 2.16. The molecule has 0 aromatic carbocycles. The van der Waals surface area contributed by atoms with E-state index in [0.717, 1.165) is 13.2 Å². The lowest BCUT2D eigenvalue weighted by molar-refractivity contribution is -0.118. The number of hydrogen-bond donors (Lipinski definition) is 0. The van der Waals surface area contributed by atoms with Crippen molar-refractivity contribution in [1.82, 2.24) is 4.90 Å². The van der Waals surface area contributed by atoms with Crippen molar-refractivity contribution < 1.29 is 9.53 Å². The van der Waals surface area contributed by atoms with Gasteiger partial charge in [-0.15, -0.1) is 0 Å². The summed E-state index contributed by atoms with van der Waals surface area (Å²) in [5.41, 5.74) is 0. The monoisotopic (exact) mass is 153 g/mol. The first kappa shape index (κ1) is 6.85. The fourth-order valence-electron chi connectivity index (χ4n) is 1.52. The van der Waals surface area contributed by atoms with Crippen LogP contribution in [0.15, 0.2) is 12.3 Å². The molecule has 1 saturated heterocycles. The maximum atomic E-state index is 10.9. The number of carbonyl (C=O) groups is 1. The zero-order chi connectivity index (χ0) is 7.68. The number of ether oxygens (including phenoxy) is 1. The molecule has 0 amide bonds. The Kier molecular flexibility index (Phi) is 1.66. The Balaban J connectivity index is 2.10. The number of morpholine rings is 1. The molecule has 1 fully saturated rings. The molecule has 0 spiro atoms. The van der Waals surface area contributed by atoms with Crippen LogP contribution in [0.1, 0.15) is 6.42 Å². The van der Waals surface area contributed by atoms with Crippen molar-refractivity contribution in [3.05, 3.63) is 12.3 Å². The molecule has 2 heterocycles. The van der Waals surface area contributed by atoms with Gasteiger partial charge in [0.1, 0.15) is 0 Å². The minimum Gasteiger partial charge on any atom is -0.377 e. The fraction of sp³-hybridized carbons (Fsp3) is 0.625. The van der Waals surface area contributed by atoms with Crippen molar-refractivity contribution in [2.75, 3.05) is 19.8 Å². The summed E-state index contributed by atoms with van der Waals surface area (Å²) < 4.78 is 5.26. The zero-order valence-corrected chi connectivity index (χ0v) is 6.32. The molecule has 0 unspecified atom stereocenters. The van der Waals surface area contributed by atoms with Gasteiger partial charge in [-0.1, -0.05) is 0 Å². The van der Waals surface area contributed by atoms with Gasteiger partial charge in [0.15, 0.2) is 5.78 Å². The SMILES string of the molecule is O=C1C=CN2CCOC[C@H]2C1. The average Bonchev–Trinajstić information content (AvgIpc) is 2.04. The first-order valence-electron chi connectivity index (χ1n) is 3.91. The Morgan fingerprint density at radius 3 is 3.45 bits per heavy atom. The van der Waals surface area contributed by atoms with Gasteiger partial charge in [0, 0.05) is 19.2 Å². The average molecular weight is 153 g/mol. The smallest absolute Gasteiger partial charge is 0.159 e. The molecule has 0 bridgehead atoms. The van der Waals surface area contributed by atoms with E-state index in [2.05, 4.69) is 4.90 Å². The van der Waals surface area contributed by atoms with Gasteiger partial charge in [0.2, 0.25) is 0 Å². The molecule has 2 rings (SSSR count). The Morgan fingerprint density at radius 1 is 1.64 bits per heavy atom. The van der Waals surface area contributed by atoms with E-state index in [4.69, 9.17) is 4.74 Å². The molecule has 0 radical (unpaired) electrons. The fourth-order valence-corrected chi connectivity index (χ4v) is 1.52. The van der Waals surface area contributed by atoms with Crippen LogP contribution in [0.5, 0.6) is 0 Å². The van der Waals surface area contributed by atoms with Gasteiger partial charge in [-0.05, 0) is 6.08 Å². The van der Waals surface area contributed by atoms with Gasteiger partial charge in [0.05, 0.1) is 19.3 Å². The second-order valence-electron chi connectivity index (χ2n) is 2.95. The zero-order valence-electron chi connectivity index (χ0n) is 6.32. The summed E-state index contributed by atoms with van der Waals surface area (Å²) in [5.74, 6) is 0.219. The number of nitrogens with zero attached hydrogens (tertiary/aromatic N) is 1. The second kappa shape index (κ2) is 2.66. The molecule has 0 N–H and O–H groups in total. The van der Waals surface area contributed by atoms with Crippen molar-refractivity contribution in [2.45, 2.75) is 12.5 Å². The number of ketones is 1. The number of carbonyl (C=O) groups excluding carboxylic acids is 1. The standard InChI is InChI=1S/C8H11NO2/c10-8-1-2-9-3-4-11-6-7(9)5-8/h1-2,7H,3-6H2/t7-/m1/s1. The van der Waals surface area contributed by atoms with Crippen LogP contribution in [-0.2, 0) is 9.53 Å². The molecule has 11 heavy (non-hydrogen) atoms. The normalized spacial score (nSPS) is 30.4. The third kappa shape index (κ3) is 1.28. The molecule has 1 atom stereocenters. The van der Waals surface area contributed by atoms with Crippen LogP contribution in [0, 0.1) is 0 Å². The molecule has 60 valence electrons. The predicted octanol–water partition coefficient (Wildman–Crippen LogP) is 0.174. The highest BCUT2D eigenvalue weighted by molar-refractivity contribution is 5.90. The number of fused-ring (bicyclic) bond motifs is 1. The van der Waals surface area contributed by atoms with Crippen LogP contribution in [-0.4, -0.2) is 36.5 Å². The van der Waals surface area contributed by atoms with Crippen LogP contribution in [0.4, 0.5) is 0 Å². The summed E-state index contributed by atoms with van der Waals surface area (Å²) in [7, 11) is 0. The molecule has 2 aliphatic rings. The molecule has 0 aliphatic carbocycles. The van der Waals surface area contributed by atoms with Crippen LogP contribution < -0.4 is 0 Å². The molecule has 0 saturated carbocycles. The van der Waals surface area contributed by atoms with Crippen molar-refractivity contribution >= 4 is 5.78 Å². The third-order valence-corrected chi connectivity index (χ3v) is 2.16. The lowest BCUT2D eigenvalue weighted by atomic mass is 10.1. The van der Waals surface area contributed by atoms with E-state index in [0.29, 0.717) is 19.1 Å². The van der Waals surface area contributed by atoms with E-state index in [1.165, 1.54) is 0 Å². The quantitative estimate of drug-likeness (QED) is 0.497. The highest BCUT2D eigenvalue weighted by atomic mass is 16.5. The van der Waals surface area contributed by atoms with Gasteiger partial charge >= 0.3 is 0 Å². The van der Waals surface area contributed by atoms with E-state index in [-0.39, 0.29) is 5.78 Å². The van der Waals surface area contributed by atoms with E-state index in [1.807, 2.05) is 6.20 Å². The summed E-state index contributed by atoms with van der Waals surface area (Å²) in [6, 6.07) is 0.307. The minimum atomic E-state index is 0.219. The number of rotatable bonds is 0. The van der Waals surface area contributed by atoms with Crippen LogP contribution in [0.2, 0.25) is 0 Å². The van der Waals surface area contributed by atoms with Gasteiger partial charge in [0.25, 0.3) is 0 Å². The maximum absolute atomic E-state index is 10.9. The highest BCUT2D eigenvalue weighted by Gasteiger charge is 2.24. The predicted molar refractivity (Wildman–Crippen MR) is 40.1 cm³/mol. The van der Waals surface area contributed by atoms with Crippen molar-refractivity contribution in [3.63, 3.8) is 0 Å². The van der Waals surface area contributed by atoms with Gasteiger partial charge < -0.3 is 9.64 Å².